The predicted molar refractivity (Wildman–Crippen MR) is 62.5 cm³/mol. The predicted octanol–water partition coefficient (Wildman–Crippen LogP) is -0.994. The maximum absolute atomic E-state index is 11.6. The van der Waals surface area contributed by atoms with Crippen molar-refractivity contribution in [2.75, 3.05) is 26.8 Å². The molecule has 0 radical (unpaired) electrons. The molecule has 1 fully saturated rings. The van der Waals surface area contributed by atoms with Crippen molar-refractivity contribution in [3.8, 4) is 0 Å². The second-order valence-electron chi connectivity index (χ2n) is 4.44. The molecule has 0 bridgehead atoms. The Morgan fingerprint density at radius 2 is 2.47 bits per heavy atom. The monoisotopic (exact) mass is 246 g/mol. The first-order valence-corrected chi connectivity index (χ1v) is 5.85. The molecule has 17 heavy (non-hydrogen) atoms. The second kappa shape index (κ2) is 6.30. The quantitative estimate of drug-likeness (QED) is 0.559. The van der Waals surface area contributed by atoms with E-state index in [0.29, 0.717) is 19.6 Å². The van der Waals surface area contributed by atoms with E-state index < -0.39 is 5.60 Å². The Morgan fingerprint density at radius 1 is 1.76 bits per heavy atom. The molecular formula is C11H22N2O4. The first-order valence-electron chi connectivity index (χ1n) is 5.85. The van der Waals surface area contributed by atoms with Gasteiger partial charge in [-0.15, -0.1) is 0 Å². The van der Waals surface area contributed by atoms with Gasteiger partial charge in [-0.1, -0.05) is 0 Å². The zero-order chi connectivity index (χ0) is 12.9. The fourth-order valence-electron chi connectivity index (χ4n) is 1.80. The van der Waals surface area contributed by atoms with Gasteiger partial charge in [0.2, 0.25) is 5.91 Å². The maximum Gasteiger partial charge on any atom is 0.222 e. The van der Waals surface area contributed by atoms with Crippen LogP contribution in [0.5, 0.6) is 0 Å². The number of nitrogens with two attached hydrogens (primary N) is 1. The van der Waals surface area contributed by atoms with Gasteiger partial charge in [0.25, 0.3) is 0 Å². The van der Waals surface area contributed by atoms with Crippen LogP contribution in [0.1, 0.15) is 19.8 Å². The van der Waals surface area contributed by atoms with Gasteiger partial charge in [0.15, 0.2) is 0 Å². The number of amides is 1. The molecule has 100 valence electrons. The Morgan fingerprint density at radius 3 is 2.94 bits per heavy atom. The lowest BCUT2D eigenvalue weighted by Gasteiger charge is -2.26. The highest BCUT2D eigenvalue weighted by Crippen LogP contribution is 2.24. The van der Waals surface area contributed by atoms with Crippen molar-refractivity contribution in [2.24, 2.45) is 5.73 Å². The fraction of sp³-hybridized carbons (Fsp3) is 0.909. The van der Waals surface area contributed by atoms with Crippen LogP contribution in [0.2, 0.25) is 0 Å². The van der Waals surface area contributed by atoms with Gasteiger partial charge in [-0.3, -0.25) is 4.79 Å². The third-order valence-electron chi connectivity index (χ3n) is 3.26. The molecule has 1 rings (SSSR count). The molecule has 1 aliphatic rings. The smallest absolute Gasteiger partial charge is 0.222 e. The van der Waals surface area contributed by atoms with E-state index in [-0.39, 0.29) is 31.1 Å². The summed E-state index contributed by atoms with van der Waals surface area (Å²) >= 11 is 0. The van der Waals surface area contributed by atoms with Gasteiger partial charge in [0.1, 0.15) is 5.60 Å². The zero-order valence-corrected chi connectivity index (χ0v) is 10.4. The van der Waals surface area contributed by atoms with Crippen LogP contribution in [0.25, 0.3) is 0 Å². The number of ether oxygens (including phenoxy) is 2. The summed E-state index contributed by atoms with van der Waals surface area (Å²) in [4.78, 5) is 11.6. The Kier molecular flexibility index (Phi) is 5.32. The average Bonchev–Trinajstić information content (AvgIpc) is 2.64. The molecule has 0 saturated carbocycles. The van der Waals surface area contributed by atoms with Crippen molar-refractivity contribution in [3.05, 3.63) is 0 Å². The first-order chi connectivity index (χ1) is 8.01. The molecule has 1 saturated heterocycles. The van der Waals surface area contributed by atoms with Gasteiger partial charge in [-0.2, -0.15) is 0 Å². The summed E-state index contributed by atoms with van der Waals surface area (Å²) in [6.07, 6.45) is 0.217. The minimum Gasteiger partial charge on any atom is -0.385 e. The topological polar surface area (TPSA) is 93.8 Å². The van der Waals surface area contributed by atoms with Crippen molar-refractivity contribution in [1.29, 1.82) is 0 Å². The lowest BCUT2D eigenvalue weighted by Crippen LogP contribution is -2.48. The number of rotatable bonds is 6. The van der Waals surface area contributed by atoms with Gasteiger partial charge >= 0.3 is 0 Å². The third kappa shape index (κ3) is 3.92. The number of nitrogens with one attached hydrogen (secondary N) is 1. The minimum atomic E-state index is -0.957. The molecule has 6 heteroatoms. The molecule has 4 N–H and O–H groups in total. The largest absolute Gasteiger partial charge is 0.385 e. The summed E-state index contributed by atoms with van der Waals surface area (Å²) in [5, 5.41) is 12.9. The minimum absolute atomic E-state index is 0.171. The molecule has 3 unspecified atom stereocenters. The molecular weight excluding hydrogens is 224 g/mol. The number of aliphatic hydroxyl groups is 1. The van der Waals surface area contributed by atoms with Crippen molar-refractivity contribution in [3.63, 3.8) is 0 Å². The molecule has 1 heterocycles. The van der Waals surface area contributed by atoms with Crippen LogP contribution in [0.3, 0.4) is 0 Å². The van der Waals surface area contributed by atoms with E-state index in [1.807, 2.05) is 0 Å². The van der Waals surface area contributed by atoms with Gasteiger partial charge in [-0.25, -0.2) is 0 Å². The van der Waals surface area contributed by atoms with Gasteiger partial charge in [-0.05, 0) is 6.92 Å². The molecule has 1 aliphatic heterocycles. The van der Waals surface area contributed by atoms with E-state index in [1.54, 1.807) is 6.92 Å². The van der Waals surface area contributed by atoms with Crippen LogP contribution in [-0.4, -0.2) is 55.6 Å². The molecule has 0 aromatic carbocycles. The highest BCUT2D eigenvalue weighted by molar-refractivity contribution is 5.76. The summed E-state index contributed by atoms with van der Waals surface area (Å²) in [6.45, 7) is 2.83. The van der Waals surface area contributed by atoms with Crippen molar-refractivity contribution in [2.45, 2.75) is 37.6 Å². The van der Waals surface area contributed by atoms with E-state index >= 15 is 0 Å². The number of hydrogen-bond acceptors (Lipinski definition) is 5. The van der Waals surface area contributed by atoms with E-state index in [0.717, 1.165) is 0 Å². The number of carbonyl (C=O) groups is 1. The number of methoxy groups -OCH3 is 1. The van der Waals surface area contributed by atoms with Crippen LogP contribution in [0, 0.1) is 0 Å². The molecule has 0 aromatic heterocycles. The Labute approximate surface area is 101 Å². The summed E-state index contributed by atoms with van der Waals surface area (Å²) in [5.74, 6) is -0.171. The second-order valence-corrected chi connectivity index (χ2v) is 4.44. The van der Waals surface area contributed by atoms with Crippen molar-refractivity contribution < 1.29 is 19.4 Å². The summed E-state index contributed by atoms with van der Waals surface area (Å²) in [7, 11) is 1.52. The van der Waals surface area contributed by atoms with Crippen molar-refractivity contribution >= 4 is 5.91 Å². The highest BCUT2D eigenvalue weighted by atomic mass is 16.5. The van der Waals surface area contributed by atoms with E-state index in [4.69, 9.17) is 15.2 Å². The van der Waals surface area contributed by atoms with E-state index in [9.17, 15) is 9.90 Å². The van der Waals surface area contributed by atoms with Crippen LogP contribution in [-0.2, 0) is 14.3 Å². The Bertz CT molecular complexity index is 258. The van der Waals surface area contributed by atoms with Crippen LogP contribution in [0.4, 0.5) is 0 Å². The lowest BCUT2D eigenvalue weighted by molar-refractivity contribution is -0.125. The zero-order valence-electron chi connectivity index (χ0n) is 10.4. The first kappa shape index (κ1) is 14.4. The lowest BCUT2D eigenvalue weighted by atomic mass is 9.96. The van der Waals surface area contributed by atoms with E-state index in [2.05, 4.69) is 5.32 Å². The summed E-state index contributed by atoms with van der Waals surface area (Å²) in [5.41, 5.74) is 4.47. The highest BCUT2D eigenvalue weighted by Gasteiger charge is 2.39. The summed E-state index contributed by atoms with van der Waals surface area (Å²) < 4.78 is 10.3. The molecule has 1 amide bonds. The van der Waals surface area contributed by atoms with Crippen LogP contribution >= 0.6 is 0 Å². The average molecular weight is 246 g/mol. The molecule has 3 atom stereocenters. The Balaban J connectivity index is 2.32. The normalized spacial score (nSPS) is 30.2. The van der Waals surface area contributed by atoms with Crippen LogP contribution in [0.15, 0.2) is 0 Å². The number of hydrogen-bond donors (Lipinski definition) is 3. The molecule has 0 aliphatic carbocycles. The maximum atomic E-state index is 11.6. The van der Waals surface area contributed by atoms with Gasteiger partial charge in [0.05, 0.1) is 18.6 Å². The summed E-state index contributed by atoms with van der Waals surface area (Å²) in [6, 6.07) is 0. The SMILES string of the molecule is COC(CN)CC(=O)NCC1(O)CCOC1C. The van der Waals surface area contributed by atoms with Crippen molar-refractivity contribution in [1.82, 2.24) is 5.32 Å². The number of carbonyl (C=O) groups excluding carboxylic acids is 1. The van der Waals surface area contributed by atoms with Gasteiger partial charge in [0, 0.05) is 33.2 Å². The molecule has 6 nitrogen and oxygen atoms in total. The van der Waals surface area contributed by atoms with Crippen LogP contribution < -0.4 is 11.1 Å². The standard InChI is InChI=1S/C11H22N2O4/c1-8-11(15,3-4-17-8)7-13-10(14)5-9(6-12)16-2/h8-9,15H,3-7,12H2,1-2H3,(H,13,14). The Hall–Kier alpha value is -0.690. The van der Waals surface area contributed by atoms with E-state index in [1.165, 1.54) is 7.11 Å². The molecule has 0 aromatic rings. The molecule has 0 spiro atoms. The third-order valence-corrected chi connectivity index (χ3v) is 3.26. The van der Waals surface area contributed by atoms with Gasteiger partial charge < -0.3 is 25.6 Å². The fourth-order valence-corrected chi connectivity index (χ4v) is 1.80.